The number of nitrogens with zero attached hydrogens (tertiary/aromatic N) is 1. The van der Waals surface area contributed by atoms with Crippen molar-refractivity contribution < 1.29 is 13.6 Å². The highest BCUT2D eigenvalue weighted by Gasteiger charge is 2.28. The predicted molar refractivity (Wildman–Crippen MR) is 87.2 cm³/mol. The van der Waals surface area contributed by atoms with Crippen LogP contribution in [0.2, 0.25) is 0 Å². The van der Waals surface area contributed by atoms with Gasteiger partial charge in [-0.3, -0.25) is 9.69 Å². The van der Waals surface area contributed by atoms with Gasteiger partial charge in [0.1, 0.15) is 0 Å². The minimum absolute atomic E-state index is 0.0557. The Morgan fingerprint density at radius 2 is 1.87 bits per heavy atom. The predicted octanol–water partition coefficient (Wildman–Crippen LogP) is 3.28. The lowest BCUT2D eigenvalue weighted by Gasteiger charge is -2.41. The first-order chi connectivity index (χ1) is 10.9. The molecule has 0 radical (unpaired) electrons. The molecule has 0 aromatic heterocycles. The van der Waals surface area contributed by atoms with Crippen molar-refractivity contribution in [1.82, 2.24) is 10.2 Å². The van der Waals surface area contributed by atoms with Crippen LogP contribution in [0.3, 0.4) is 0 Å². The van der Waals surface area contributed by atoms with Gasteiger partial charge in [-0.1, -0.05) is 12.5 Å². The van der Waals surface area contributed by atoms with E-state index in [1.807, 2.05) is 0 Å². The fourth-order valence-corrected chi connectivity index (χ4v) is 2.97. The van der Waals surface area contributed by atoms with E-state index in [0.29, 0.717) is 18.5 Å². The molecule has 3 nitrogen and oxygen atoms in total. The van der Waals surface area contributed by atoms with E-state index in [0.717, 1.165) is 25.2 Å². The van der Waals surface area contributed by atoms with E-state index < -0.39 is 11.6 Å². The highest BCUT2D eigenvalue weighted by Crippen LogP contribution is 2.19. The first-order valence-electron chi connectivity index (χ1n) is 8.34. The van der Waals surface area contributed by atoms with Crippen molar-refractivity contribution in [2.75, 3.05) is 19.6 Å². The number of likely N-dealkylation sites (tertiary alicyclic amines) is 1. The average molecular weight is 324 g/mol. The Hall–Kier alpha value is -1.49. The molecule has 0 spiro atoms. The van der Waals surface area contributed by atoms with E-state index in [9.17, 15) is 13.6 Å². The minimum atomic E-state index is -0.867. The van der Waals surface area contributed by atoms with Crippen molar-refractivity contribution in [3.8, 4) is 0 Å². The van der Waals surface area contributed by atoms with Gasteiger partial charge >= 0.3 is 0 Å². The SMILES string of the molecule is CC(C)(CNC(=O)CCc1ccc(F)c(F)c1)N1CCCCC1. The molecular formula is C18H26F2N2O. The second kappa shape index (κ2) is 7.86. The molecule has 5 heteroatoms. The van der Waals surface area contributed by atoms with Crippen molar-refractivity contribution in [2.24, 2.45) is 0 Å². The third-order valence-corrected chi connectivity index (χ3v) is 4.56. The van der Waals surface area contributed by atoms with Crippen LogP contribution >= 0.6 is 0 Å². The molecular weight excluding hydrogens is 298 g/mol. The molecule has 1 heterocycles. The molecule has 1 saturated heterocycles. The molecule has 23 heavy (non-hydrogen) atoms. The van der Waals surface area contributed by atoms with Crippen molar-refractivity contribution in [3.05, 3.63) is 35.4 Å². The summed E-state index contributed by atoms with van der Waals surface area (Å²) in [4.78, 5) is 14.4. The maximum atomic E-state index is 13.1. The molecule has 1 aliphatic heterocycles. The summed E-state index contributed by atoms with van der Waals surface area (Å²) in [5, 5.41) is 2.97. The van der Waals surface area contributed by atoms with Crippen molar-refractivity contribution in [1.29, 1.82) is 0 Å². The molecule has 1 fully saturated rings. The summed E-state index contributed by atoms with van der Waals surface area (Å²) < 4.78 is 26.0. The Kier molecular flexibility index (Phi) is 6.10. The number of rotatable bonds is 6. The molecule has 2 rings (SSSR count). The van der Waals surface area contributed by atoms with Crippen LogP contribution in [0, 0.1) is 11.6 Å². The molecule has 1 aromatic carbocycles. The fourth-order valence-electron chi connectivity index (χ4n) is 2.97. The van der Waals surface area contributed by atoms with Crippen LogP contribution in [0.15, 0.2) is 18.2 Å². The van der Waals surface area contributed by atoms with E-state index in [4.69, 9.17) is 0 Å². The van der Waals surface area contributed by atoms with Gasteiger partial charge in [0.25, 0.3) is 0 Å². The number of halogens is 2. The zero-order valence-corrected chi connectivity index (χ0v) is 14.0. The summed E-state index contributed by atoms with van der Waals surface area (Å²) in [6.45, 7) is 7.06. The first kappa shape index (κ1) is 17.9. The quantitative estimate of drug-likeness (QED) is 0.871. The Labute approximate surface area is 137 Å². The van der Waals surface area contributed by atoms with Crippen LogP contribution in [0.1, 0.15) is 45.1 Å². The van der Waals surface area contributed by atoms with Crippen molar-refractivity contribution >= 4 is 5.91 Å². The van der Waals surface area contributed by atoms with Crippen LogP contribution < -0.4 is 5.32 Å². The number of benzene rings is 1. The third kappa shape index (κ3) is 5.27. The number of piperidine rings is 1. The lowest BCUT2D eigenvalue weighted by Crippen LogP contribution is -2.53. The van der Waals surface area contributed by atoms with E-state index in [1.165, 1.54) is 25.3 Å². The summed E-state index contributed by atoms with van der Waals surface area (Å²) in [5.41, 5.74) is 0.576. The number of amides is 1. The van der Waals surface area contributed by atoms with Crippen LogP contribution in [-0.2, 0) is 11.2 Å². The molecule has 0 unspecified atom stereocenters. The van der Waals surface area contributed by atoms with Gasteiger partial charge in [0, 0.05) is 18.5 Å². The molecule has 1 N–H and O–H groups in total. The Morgan fingerprint density at radius 1 is 1.17 bits per heavy atom. The average Bonchev–Trinajstić information content (AvgIpc) is 2.55. The molecule has 0 bridgehead atoms. The summed E-state index contributed by atoms with van der Waals surface area (Å²) in [7, 11) is 0. The number of carbonyl (C=O) groups is 1. The standard InChI is InChI=1S/C18H26F2N2O/c1-18(2,22-10-4-3-5-11-22)13-21-17(23)9-7-14-6-8-15(19)16(20)12-14/h6,8,12H,3-5,7,9-11,13H2,1-2H3,(H,21,23). The van der Waals surface area contributed by atoms with E-state index in [2.05, 4.69) is 24.1 Å². The molecule has 1 amide bonds. The lowest BCUT2D eigenvalue weighted by molar-refractivity contribution is -0.121. The summed E-state index contributed by atoms with van der Waals surface area (Å²) in [6, 6.07) is 3.77. The first-order valence-corrected chi connectivity index (χ1v) is 8.34. The fraction of sp³-hybridized carbons (Fsp3) is 0.611. The molecule has 1 aromatic rings. The molecule has 0 aliphatic carbocycles. The normalized spacial score (nSPS) is 16.3. The van der Waals surface area contributed by atoms with Gasteiger partial charge in [0.2, 0.25) is 5.91 Å². The van der Waals surface area contributed by atoms with Gasteiger partial charge in [0.15, 0.2) is 11.6 Å². The summed E-state index contributed by atoms with van der Waals surface area (Å²) in [6.07, 6.45) is 4.41. The maximum Gasteiger partial charge on any atom is 0.220 e. The Morgan fingerprint density at radius 3 is 2.52 bits per heavy atom. The van der Waals surface area contributed by atoms with E-state index >= 15 is 0 Å². The second-order valence-corrected chi connectivity index (χ2v) is 6.89. The number of carbonyl (C=O) groups excluding carboxylic acids is 1. The third-order valence-electron chi connectivity index (χ3n) is 4.56. The summed E-state index contributed by atoms with van der Waals surface area (Å²) in [5.74, 6) is -1.78. The van der Waals surface area contributed by atoms with E-state index in [1.54, 1.807) is 0 Å². The van der Waals surface area contributed by atoms with Crippen molar-refractivity contribution in [3.63, 3.8) is 0 Å². The van der Waals surface area contributed by atoms with Gasteiger partial charge in [-0.05, 0) is 63.9 Å². The smallest absolute Gasteiger partial charge is 0.220 e. The van der Waals surface area contributed by atoms with Crippen molar-refractivity contribution in [2.45, 2.75) is 51.5 Å². The Bertz CT molecular complexity index is 540. The van der Waals surface area contributed by atoms with Gasteiger partial charge in [-0.25, -0.2) is 8.78 Å². The Balaban J connectivity index is 1.76. The molecule has 0 atom stereocenters. The van der Waals surface area contributed by atoms with E-state index in [-0.39, 0.29) is 17.9 Å². The van der Waals surface area contributed by atoms with Gasteiger partial charge in [-0.2, -0.15) is 0 Å². The van der Waals surface area contributed by atoms with Gasteiger partial charge < -0.3 is 5.32 Å². The number of hydrogen-bond donors (Lipinski definition) is 1. The van der Waals surface area contributed by atoms with Crippen LogP contribution in [0.25, 0.3) is 0 Å². The zero-order valence-electron chi connectivity index (χ0n) is 14.0. The minimum Gasteiger partial charge on any atom is -0.354 e. The van der Waals surface area contributed by atoms with Crippen LogP contribution in [0.4, 0.5) is 8.78 Å². The molecule has 0 saturated carbocycles. The second-order valence-electron chi connectivity index (χ2n) is 6.89. The highest BCUT2D eigenvalue weighted by atomic mass is 19.2. The van der Waals surface area contributed by atoms with Crippen LogP contribution in [-0.4, -0.2) is 36.0 Å². The number of nitrogens with one attached hydrogen (secondary N) is 1. The van der Waals surface area contributed by atoms with Crippen LogP contribution in [0.5, 0.6) is 0 Å². The largest absolute Gasteiger partial charge is 0.354 e. The highest BCUT2D eigenvalue weighted by molar-refractivity contribution is 5.76. The number of aryl methyl sites for hydroxylation is 1. The number of hydrogen-bond acceptors (Lipinski definition) is 2. The topological polar surface area (TPSA) is 32.3 Å². The molecule has 128 valence electrons. The van der Waals surface area contributed by atoms with Gasteiger partial charge in [-0.15, -0.1) is 0 Å². The monoisotopic (exact) mass is 324 g/mol. The zero-order chi connectivity index (χ0) is 16.9. The lowest BCUT2D eigenvalue weighted by atomic mass is 9.98. The van der Waals surface area contributed by atoms with Gasteiger partial charge in [0.05, 0.1) is 0 Å². The summed E-state index contributed by atoms with van der Waals surface area (Å²) >= 11 is 0. The maximum absolute atomic E-state index is 13.1. The molecule has 1 aliphatic rings.